The van der Waals surface area contributed by atoms with Gasteiger partial charge in [0.25, 0.3) is 0 Å². The van der Waals surface area contributed by atoms with Crippen LogP contribution in [-0.4, -0.2) is 37.2 Å². The van der Waals surface area contributed by atoms with Crippen molar-refractivity contribution >= 4 is 17.9 Å². The molecule has 0 heterocycles. The first-order valence-electron chi connectivity index (χ1n) is 28.1. The molecule has 0 bridgehead atoms. The molecule has 0 aromatic heterocycles. The smallest absolute Gasteiger partial charge is 0.306 e. The lowest BCUT2D eigenvalue weighted by atomic mass is 10.1. The zero-order valence-corrected chi connectivity index (χ0v) is 43.9. The van der Waals surface area contributed by atoms with Crippen molar-refractivity contribution in [3.8, 4) is 0 Å². The third-order valence-electron chi connectivity index (χ3n) is 11.9. The number of esters is 3. The van der Waals surface area contributed by atoms with Gasteiger partial charge in [0.05, 0.1) is 0 Å². The molecule has 67 heavy (non-hydrogen) atoms. The summed E-state index contributed by atoms with van der Waals surface area (Å²) in [4.78, 5) is 38.1. The largest absolute Gasteiger partial charge is 0.462 e. The predicted octanol–water partition coefficient (Wildman–Crippen LogP) is 18.8. The minimum Gasteiger partial charge on any atom is -0.462 e. The number of ether oxygens (including phenoxy) is 3. The van der Waals surface area contributed by atoms with Crippen molar-refractivity contribution in [2.75, 3.05) is 13.2 Å². The highest BCUT2D eigenvalue weighted by Gasteiger charge is 2.19. The highest BCUT2D eigenvalue weighted by atomic mass is 16.6. The lowest BCUT2D eigenvalue weighted by Gasteiger charge is -2.18. The molecular weight excluding hydrogens is 829 g/mol. The van der Waals surface area contributed by atoms with Gasteiger partial charge in [-0.05, 0) is 103 Å². The quantitative estimate of drug-likeness (QED) is 0.0199. The van der Waals surface area contributed by atoms with Gasteiger partial charge in [-0.25, -0.2) is 0 Å². The summed E-state index contributed by atoms with van der Waals surface area (Å²) in [7, 11) is 0. The van der Waals surface area contributed by atoms with Crippen molar-refractivity contribution in [2.45, 2.75) is 271 Å². The minimum absolute atomic E-state index is 0.0935. The Hall–Kier alpha value is -3.41. The number of hydrogen-bond acceptors (Lipinski definition) is 6. The highest BCUT2D eigenvalue weighted by molar-refractivity contribution is 5.71. The molecule has 1 unspecified atom stereocenters. The fourth-order valence-electron chi connectivity index (χ4n) is 7.67. The van der Waals surface area contributed by atoms with Gasteiger partial charge in [-0.15, -0.1) is 0 Å². The van der Waals surface area contributed by atoms with Gasteiger partial charge in [0, 0.05) is 19.3 Å². The van der Waals surface area contributed by atoms with Crippen LogP contribution < -0.4 is 0 Å². The molecule has 0 saturated carbocycles. The van der Waals surface area contributed by atoms with Crippen LogP contribution in [0, 0.1) is 0 Å². The fourth-order valence-corrected chi connectivity index (χ4v) is 7.67. The molecule has 384 valence electrons. The molecule has 0 saturated heterocycles. The molecule has 6 nitrogen and oxygen atoms in total. The third kappa shape index (κ3) is 53.4. The van der Waals surface area contributed by atoms with E-state index in [4.69, 9.17) is 14.2 Å². The molecule has 0 radical (unpaired) electrons. The number of carbonyl (C=O) groups is 3. The Morgan fingerprint density at radius 2 is 0.627 bits per heavy atom. The van der Waals surface area contributed by atoms with Crippen LogP contribution in [0.25, 0.3) is 0 Å². The van der Waals surface area contributed by atoms with Crippen molar-refractivity contribution in [2.24, 2.45) is 0 Å². The van der Waals surface area contributed by atoms with Gasteiger partial charge in [0.1, 0.15) is 13.2 Å². The van der Waals surface area contributed by atoms with Gasteiger partial charge in [-0.1, -0.05) is 228 Å². The van der Waals surface area contributed by atoms with Crippen molar-refractivity contribution < 1.29 is 28.6 Å². The minimum atomic E-state index is -0.796. The van der Waals surface area contributed by atoms with Crippen LogP contribution >= 0.6 is 0 Å². The molecule has 0 aromatic rings. The van der Waals surface area contributed by atoms with Gasteiger partial charge in [0.2, 0.25) is 0 Å². The number of rotatable bonds is 50. The topological polar surface area (TPSA) is 78.9 Å². The van der Waals surface area contributed by atoms with Gasteiger partial charge in [0.15, 0.2) is 6.10 Å². The second-order valence-corrected chi connectivity index (χ2v) is 18.5. The van der Waals surface area contributed by atoms with Gasteiger partial charge < -0.3 is 14.2 Å². The zero-order valence-electron chi connectivity index (χ0n) is 43.9. The van der Waals surface area contributed by atoms with E-state index in [0.717, 1.165) is 116 Å². The van der Waals surface area contributed by atoms with Crippen LogP contribution in [0.1, 0.15) is 265 Å². The Balaban J connectivity index is 4.45. The maximum Gasteiger partial charge on any atom is 0.306 e. The molecule has 6 heteroatoms. The summed E-state index contributed by atoms with van der Waals surface area (Å²) in [6, 6.07) is 0. The van der Waals surface area contributed by atoms with Crippen LogP contribution in [-0.2, 0) is 28.6 Å². The lowest BCUT2D eigenvalue weighted by Crippen LogP contribution is -2.30. The second kappa shape index (κ2) is 55.2. The SMILES string of the molecule is CC/C=C\C/C=C\C/C=C\CCCCCCCCC(=O)OC(COC(=O)CCCCCCC/C=C\C=C/CCCCCCCCC)COC(=O)CCCCCCCC/C=C\C=C/CCCCC. The predicted molar refractivity (Wildman–Crippen MR) is 288 cm³/mol. The molecule has 1 atom stereocenters. The molecule has 0 N–H and O–H groups in total. The Morgan fingerprint density at radius 3 is 1.03 bits per heavy atom. The monoisotopic (exact) mass is 933 g/mol. The van der Waals surface area contributed by atoms with E-state index < -0.39 is 6.10 Å². The second-order valence-electron chi connectivity index (χ2n) is 18.5. The van der Waals surface area contributed by atoms with E-state index in [2.05, 4.69) is 106 Å². The van der Waals surface area contributed by atoms with Gasteiger partial charge in [-0.3, -0.25) is 14.4 Å². The van der Waals surface area contributed by atoms with E-state index in [9.17, 15) is 14.4 Å². The summed E-state index contributed by atoms with van der Waals surface area (Å²) in [5.74, 6) is -0.928. The van der Waals surface area contributed by atoms with E-state index in [1.54, 1.807) is 0 Å². The molecule has 0 amide bonds. The Bertz CT molecular complexity index is 1300. The summed E-state index contributed by atoms with van der Waals surface area (Å²) >= 11 is 0. The summed E-state index contributed by atoms with van der Waals surface area (Å²) in [5, 5.41) is 0. The van der Waals surface area contributed by atoms with Crippen LogP contribution in [0.2, 0.25) is 0 Å². The summed E-state index contributed by atoms with van der Waals surface area (Å²) < 4.78 is 16.8. The first-order chi connectivity index (χ1) is 33.0. The average Bonchev–Trinajstić information content (AvgIpc) is 3.33. The van der Waals surface area contributed by atoms with Crippen LogP contribution in [0.15, 0.2) is 85.1 Å². The van der Waals surface area contributed by atoms with E-state index in [-0.39, 0.29) is 31.1 Å². The first-order valence-corrected chi connectivity index (χ1v) is 28.1. The number of hydrogen-bond donors (Lipinski definition) is 0. The maximum absolute atomic E-state index is 12.8. The standard InChI is InChI=1S/C61H104O6/c1-4-7-10-13-16-19-22-25-28-30-31-34-36-39-42-45-48-51-54-60(63)66-57-58(56-65-59(62)53-50-47-44-41-38-35-32-27-24-21-18-15-12-9-6-3)67-61(64)55-52-49-46-43-40-37-33-29-26-23-20-17-14-11-8-5-2/h8,11,17-18,20-21,24,26-31,34,58H,4-7,9-10,12-16,19,22-23,25,32-33,35-57H2,1-3H3/b11-8-,20-17-,21-18-,27-24-,29-26-,30-28-,34-31-. The fraction of sp³-hybridized carbons (Fsp3) is 0.721. The molecule has 0 aliphatic rings. The maximum atomic E-state index is 12.8. The highest BCUT2D eigenvalue weighted by Crippen LogP contribution is 2.14. The lowest BCUT2D eigenvalue weighted by molar-refractivity contribution is -0.167. The van der Waals surface area contributed by atoms with Crippen LogP contribution in [0.5, 0.6) is 0 Å². The van der Waals surface area contributed by atoms with E-state index >= 15 is 0 Å². The van der Waals surface area contributed by atoms with Crippen LogP contribution in [0.4, 0.5) is 0 Å². The first kappa shape index (κ1) is 63.6. The van der Waals surface area contributed by atoms with Crippen molar-refractivity contribution in [3.63, 3.8) is 0 Å². The van der Waals surface area contributed by atoms with Crippen molar-refractivity contribution in [1.29, 1.82) is 0 Å². The number of carbonyl (C=O) groups excluding carboxylic acids is 3. The Kier molecular flexibility index (Phi) is 52.4. The Morgan fingerprint density at radius 1 is 0.328 bits per heavy atom. The molecule has 0 rings (SSSR count). The van der Waals surface area contributed by atoms with Crippen LogP contribution in [0.3, 0.4) is 0 Å². The van der Waals surface area contributed by atoms with Crippen molar-refractivity contribution in [1.82, 2.24) is 0 Å². The third-order valence-corrected chi connectivity index (χ3v) is 11.9. The van der Waals surface area contributed by atoms with Gasteiger partial charge >= 0.3 is 17.9 Å². The zero-order chi connectivity index (χ0) is 48.6. The molecule has 0 aliphatic carbocycles. The molecule has 0 fully saturated rings. The summed E-state index contributed by atoms with van der Waals surface area (Å²) in [6.45, 7) is 6.47. The average molecular weight is 933 g/mol. The molecular formula is C61H104O6. The summed E-state index contributed by atoms with van der Waals surface area (Å²) in [6.07, 6.45) is 71.3. The normalized spacial score (nSPS) is 12.7. The molecule has 0 aliphatic heterocycles. The molecule has 0 aromatic carbocycles. The van der Waals surface area contributed by atoms with Gasteiger partial charge in [-0.2, -0.15) is 0 Å². The summed E-state index contributed by atoms with van der Waals surface area (Å²) in [5.41, 5.74) is 0. The van der Waals surface area contributed by atoms with Crippen molar-refractivity contribution in [3.05, 3.63) is 85.1 Å². The Labute approximate surface area is 414 Å². The number of allylic oxidation sites excluding steroid dienone is 14. The van der Waals surface area contributed by atoms with E-state index in [1.807, 2.05) is 0 Å². The molecule has 0 spiro atoms. The van der Waals surface area contributed by atoms with E-state index in [0.29, 0.717) is 19.3 Å². The number of unbranched alkanes of at least 4 members (excludes halogenated alkanes) is 27. The van der Waals surface area contributed by atoms with E-state index in [1.165, 1.54) is 109 Å².